The lowest BCUT2D eigenvalue weighted by Gasteiger charge is -2.17. The summed E-state index contributed by atoms with van der Waals surface area (Å²) in [5, 5.41) is 12.6. The van der Waals surface area contributed by atoms with Gasteiger partial charge in [0.05, 0.1) is 39.8 Å². The van der Waals surface area contributed by atoms with E-state index in [0.29, 0.717) is 120 Å². The molecule has 29 rings (SSSR count). The smallest absolute Gasteiger partial charge is 0.143 e. The van der Waals surface area contributed by atoms with Crippen molar-refractivity contribution in [2.75, 3.05) is 0 Å². The minimum absolute atomic E-state index is 0. The van der Waals surface area contributed by atoms with Crippen LogP contribution >= 0.6 is 0 Å². The molecule has 0 fully saturated rings. The van der Waals surface area contributed by atoms with Crippen molar-refractivity contribution in [1.82, 2.24) is 0 Å². The van der Waals surface area contributed by atoms with Crippen LogP contribution in [0.3, 0.4) is 0 Å². The van der Waals surface area contributed by atoms with Gasteiger partial charge in [-0.25, -0.2) is 0 Å². The molecular weight excluding hydrogens is 1780 g/mol. The normalized spacial score (nSPS) is 14.3. The first-order valence-electron chi connectivity index (χ1n) is 71.4. The van der Waals surface area contributed by atoms with Crippen molar-refractivity contribution in [1.29, 1.82) is 0 Å². The van der Waals surface area contributed by atoms with Crippen LogP contribution in [0, 0.1) is 0 Å². The molecule has 0 aliphatic rings. The number of rotatable bonds is 9. The average molecular weight is 1970 g/mol. The molecule has 0 unspecified atom stereocenters. The first-order valence-corrected chi connectivity index (χ1v) is 44.9. The van der Waals surface area contributed by atoms with Crippen molar-refractivity contribution in [3.63, 3.8) is 0 Å². The third kappa shape index (κ3) is 17.4. The van der Waals surface area contributed by atoms with Gasteiger partial charge in [-0.15, -0.1) is 0 Å². The Balaban J connectivity index is 0.000000267. The van der Waals surface area contributed by atoms with E-state index in [1.54, 1.807) is 42.5 Å². The Bertz CT molecular complexity index is 11800. The van der Waals surface area contributed by atoms with Crippen molar-refractivity contribution in [2.24, 2.45) is 0 Å². The Kier molecular flexibility index (Phi) is 17.6. The van der Waals surface area contributed by atoms with Gasteiger partial charge in [-0.05, 0) is 247 Å². The van der Waals surface area contributed by atoms with E-state index in [1.165, 1.54) is 29.6 Å². The molecule has 25 aromatic carbocycles. The fourth-order valence-corrected chi connectivity index (χ4v) is 19.8. The van der Waals surface area contributed by atoms with Gasteiger partial charge >= 0.3 is 0 Å². The summed E-state index contributed by atoms with van der Waals surface area (Å²) in [6, 6.07) is 96.1. The largest absolute Gasteiger partial charge is 0.456 e. The third-order valence-electron chi connectivity index (χ3n) is 25.7. The Labute approximate surface area is 933 Å². The predicted molar refractivity (Wildman–Crippen MR) is 661 cm³/mol. The van der Waals surface area contributed by atoms with E-state index >= 15 is 0 Å². The van der Waals surface area contributed by atoms with E-state index in [-0.39, 0.29) is 218 Å². The molecule has 0 atom stereocenters. The van der Waals surface area contributed by atoms with Crippen LogP contribution in [-0.4, -0.2) is 0 Å². The molecule has 0 N–H and O–H groups in total. The lowest BCUT2D eigenvalue weighted by molar-refractivity contribution is 0.668. The summed E-state index contributed by atoms with van der Waals surface area (Å²) in [7, 11) is 5.00. The minimum atomic E-state index is -0.537. The summed E-state index contributed by atoms with van der Waals surface area (Å²) in [4.78, 5) is 0. The Morgan fingerprint density at radius 3 is 0.728 bits per heavy atom. The van der Waals surface area contributed by atoms with Gasteiger partial charge in [-0.3, -0.25) is 0 Å². The highest BCUT2D eigenvalue weighted by atomic mass is 16.3. The topological polar surface area (TPSA) is 52.6 Å². The van der Waals surface area contributed by atoms with E-state index in [4.69, 9.17) is 83.9 Å². The summed E-state index contributed by atoms with van der Waals surface area (Å²) in [5.74, 6) is 0. The maximum atomic E-state index is 9.38. The zero-order valence-electron chi connectivity index (χ0n) is 126. The van der Waals surface area contributed by atoms with Crippen LogP contribution in [0.25, 0.3) is 274 Å². The van der Waals surface area contributed by atoms with Gasteiger partial charge < -0.3 is 17.7 Å². The quantitative estimate of drug-likeness (QED) is 0.135. The number of para-hydroxylation sites is 4. The standard InChI is InChI=1S/C38H24O.3C32H20O.9CH4.8H2/c1-3-12-25(13-4-1)28-20-11-21-33-34-24-27(22-23-35(34)39-38(28)33)37-31-18-9-7-16-29(31)36(26-14-5-2-6-15-26)30-17-8-10-19-32(30)37;3*1-2-10-21(11-3-1)31-24-13-4-6-15-26(24)32(27-16-7-5-14-25(27)31)22-18-19-30-28(20-22)23-12-8-9-17-29(23)33-30;;;;;;;;;;;;;;;;;/h1-24H;3*1-20H;9*1H4;8*1H/i7D,9D,11D,16D,18D,20D,21D;4D,6D,8D,9D,12D,13D,15D,17D,18D,19D,20D;4D,6D,13D,15D,18D,19D,20D;4D,6D,13D,15D;4*1D;;;;;;8*1+1D. The van der Waals surface area contributed by atoms with Crippen LogP contribution in [0.1, 0.15) is 136 Å². The molecule has 0 saturated carbocycles. The van der Waals surface area contributed by atoms with E-state index in [1.807, 2.05) is 285 Å². The summed E-state index contributed by atoms with van der Waals surface area (Å²) in [5.41, 5.74) is 13.3. The van der Waals surface area contributed by atoms with Gasteiger partial charge in [0.25, 0.3) is 0 Å². The lowest BCUT2D eigenvalue weighted by Crippen LogP contribution is -1.90. The second kappa shape index (κ2) is 42.5. The highest BCUT2D eigenvalue weighted by molar-refractivity contribution is 6.28. The van der Waals surface area contributed by atoms with Crippen LogP contribution in [0.2, 0.25) is 0 Å². The van der Waals surface area contributed by atoms with E-state index in [9.17, 15) is 2.74 Å². The van der Waals surface area contributed by atoms with Crippen molar-refractivity contribution < 1.29 is 86.7 Å². The third-order valence-corrected chi connectivity index (χ3v) is 25.7. The molecule has 4 heteroatoms. The van der Waals surface area contributed by atoms with Crippen molar-refractivity contribution in [3.05, 3.63) is 509 Å². The van der Waals surface area contributed by atoms with E-state index in [2.05, 4.69) is 6.07 Å². The van der Waals surface area contributed by atoms with Crippen molar-refractivity contribution in [2.45, 2.75) is 66.7 Å². The van der Waals surface area contributed by atoms with Gasteiger partial charge in [0, 0.05) is 77.9 Å². The zero-order valence-corrected chi connectivity index (χ0v) is 76.9. The predicted octanol–water partition coefficient (Wildman–Crippen LogP) is 46.3. The molecule has 0 radical (unpaired) electrons. The van der Waals surface area contributed by atoms with Gasteiger partial charge in [-0.2, -0.15) is 0 Å². The first kappa shape index (κ1) is 60.9. The molecule has 0 spiro atoms. The van der Waals surface area contributed by atoms with Crippen LogP contribution in [0.15, 0.2) is 527 Å². The van der Waals surface area contributed by atoms with Gasteiger partial charge in [-0.1, -0.05) is 509 Å². The molecule has 147 heavy (non-hydrogen) atoms. The number of furan rings is 4. The van der Waals surface area contributed by atoms with Gasteiger partial charge in [0.15, 0.2) is 0 Å². The first-order chi connectivity index (χ1) is 92.6. The molecule has 0 bridgehead atoms. The SMILES string of the molecule is C.C.C.C.C.[2H]C.[2H]C.[2H]C.[2H]C.[2H][2H].[2H][2H].[2H][2H].[2H][2H].[2H][2H].[2H][2H].[2H][2H].[2H][2H].[2H]c1c(-c2c3ccccc3c(-c3ccccc3)c3c([2H])c([2H])c([2H])c([2H])c23)c([2H])c2c(oc3ccccc32)c1[2H].[2H]c1c([2H])c([2H])c2c(-c3ccc4oc5ccccc5c4c3)c3ccccc3c(-c3ccccc3)c2c1[2H].[2H]c1c([2H])c([2H])c2c(oc3c([2H])c([2H])c(-c4c5ccccc5c(-c5ccccc5)c5c([2H])c([2H])c([2H])c([2H])c45)c([2H])c32)c1[2H].[2H]c1c([2H])c([2H])c2c(oc3ccc(-c4c5ccccc5c(-c5ccccc5)c5c([2H])c([2H])c([2H])c([2H])c45)cc32)c1-c1ccccc1. The maximum Gasteiger partial charge on any atom is 0.143 e. The van der Waals surface area contributed by atoms with Crippen molar-refractivity contribution in [3.8, 4) is 100 Å². The van der Waals surface area contributed by atoms with Gasteiger partial charge in [0.1, 0.15) is 44.7 Å². The molecule has 0 amide bonds. The maximum absolute atomic E-state index is 9.38. The lowest BCUT2D eigenvalue weighted by atomic mass is 9.86. The zero-order chi connectivity index (χ0) is 140. The minimum Gasteiger partial charge on any atom is -0.456 e. The number of benzene rings is 25. The molecule has 29 aromatic rings. The highest BCUT2D eigenvalue weighted by Gasteiger charge is 2.25. The van der Waals surface area contributed by atoms with Gasteiger partial charge in [0.2, 0.25) is 0 Å². The highest BCUT2D eigenvalue weighted by Crippen LogP contribution is 2.52. The molecule has 4 nitrogen and oxygen atoms in total. The number of fused-ring (bicyclic) bond motifs is 20. The van der Waals surface area contributed by atoms with Crippen LogP contribution in [0.5, 0.6) is 0 Å². The Morgan fingerprint density at radius 1 is 0.150 bits per heavy atom. The number of hydrogen-bond acceptors (Lipinski definition) is 4. The molecular formula is C143H136O4. The Hall–Kier alpha value is -18.2. The van der Waals surface area contributed by atoms with Crippen LogP contribution in [0.4, 0.5) is 0 Å². The van der Waals surface area contributed by atoms with E-state index in [0.717, 1.165) is 93.4 Å². The molecule has 0 aliphatic heterocycles. The molecule has 4 heterocycles. The number of hydrogen-bond donors (Lipinski definition) is 0. The summed E-state index contributed by atoms with van der Waals surface area (Å²) in [6.45, 7) is 0. The second-order valence-corrected chi connectivity index (χ2v) is 33.4. The van der Waals surface area contributed by atoms with E-state index < -0.39 is 54.4 Å². The summed E-state index contributed by atoms with van der Waals surface area (Å²) in [6.07, 6.45) is 0. The summed E-state index contributed by atoms with van der Waals surface area (Å²) >= 11 is 0. The van der Waals surface area contributed by atoms with Crippen molar-refractivity contribution >= 4 is 174 Å². The fourth-order valence-electron chi connectivity index (χ4n) is 19.8. The second-order valence-electron chi connectivity index (χ2n) is 33.4. The molecule has 0 saturated heterocycles. The average Bonchev–Trinajstić information content (AvgIpc) is 1.42. The monoisotopic (exact) mass is 1970 g/mol. The molecule has 0 aliphatic carbocycles. The molecule has 4 aromatic heterocycles. The summed E-state index contributed by atoms with van der Waals surface area (Å²) < 4.78 is 382. The fraction of sp³-hybridized carbons (Fsp3) is 0.0629. The van der Waals surface area contributed by atoms with Crippen LogP contribution < -0.4 is 0 Å². The Morgan fingerprint density at radius 2 is 0.381 bits per heavy atom. The molecule has 732 valence electrons. The van der Waals surface area contributed by atoms with Crippen LogP contribution in [-0.2, 0) is 0 Å².